The number of rotatable bonds is 9. The van der Waals surface area contributed by atoms with E-state index in [1.54, 1.807) is 10.9 Å². The highest BCUT2D eigenvalue weighted by atomic mass is 19.4. The normalized spacial score (nSPS) is 27.2. The molecule has 0 unspecified atom stereocenters. The van der Waals surface area contributed by atoms with Gasteiger partial charge in [0.15, 0.2) is 0 Å². The number of anilines is 1. The molecule has 1 aromatic carbocycles. The number of ether oxygens (including phenoxy) is 1. The molecule has 4 aliphatic carbocycles. The Morgan fingerprint density at radius 3 is 2.39 bits per heavy atom. The van der Waals surface area contributed by atoms with Crippen molar-refractivity contribution < 1.29 is 32.3 Å². The lowest BCUT2D eigenvalue weighted by Gasteiger charge is -2.56. The van der Waals surface area contributed by atoms with E-state index in [1.165, 1.54) is 44.1 Å². The molecule has 1 aliphatic heterocycles. The van der Waals surface area contributed by atoms with Crippen molar-refractivity contribution in [1.82, 2.24) is 19.9 Å². The molecule has 234 valence electrons. The first-order chi connectivity index (χ1) is 20.8. The number of imide groups is 1. The molecule has 1 saturated heterocycles. The van der Waals surface area contributed by atoms with Crippen LogP contribution >= 0.6 is 0 Å². The third-order valence-corrected chi connectivity index (χ3v) is 9.90. The van der Waals surface area contributed by atoms with Crippen LogP contribution in [0.25, 0.3) is 0 Å². The summed E-state index contributed by atoms with van der Waals surface area (Å²) in [5, 5.41) is 17.3. The predicted molar refractivity (Wildman–Crippen MR) is 149 cm³/mol. The van der Waals surface area contributed by atoms with Gasteiger partial charge in [-0.2, -0.15) is 18.4 Å². The molecule has 5 fully saturated rings. The van der Waals surface area contributed by atoms with Crippen LogP contribution in [0.15, 0.2) is 24.4 Å². The van der Waals surface area contributed by atoms with Gasteiger partial charge in [0.25, 0.3) is 5.91 Å². The fourth-order valence-electron chi connectivity index (χ4n) is 8.29. The maximum absolute atomic E-state index is 13.5. The Hall–Kier alpha value is -3.95. The molecule has 1 aromatic heterocycles. The van der Waals surface area contributed by atoms with Crippen molar-refractivity contribution in [2.75, 3.05) is 11.5 Å². The average molecular weight is 613 g/mol. The molecule has 7 rings (SSSR count). The number of carbonyl (C=O) groups excluding carboxylic acids is 3. The van der Waals surface area contributed by atoms with Crippen LogP contribution in [0.4, 0.5) is 23.7 Å². The van der Waals surface area contributed by atoms with Crippen LogP contribution in [-0.2, 0) is 33.6 Å². The molecular formula is C31H35F3N6O4. The van der Waals surface area contributed by atoms with Crippen molar-refractivity contribution in [3.63, 3.8) is 0 Å². The number of aryl methyl sites for hydroxylation is 1. The van der Waals surface area contributed by atoms with Crippen molar-refractivity contribution >= 4 is 23.6 Å². The molecule has 2 aromatic rings. The van der Waals surface area contributed by atoms with Crippen LogP contribution in [-0.4, -0.2) is 49.9 Å². The minimum Gasteiger partial charge on any atom is -0.466 e. The molecule has 0 radical (unpaired) electrons. The molecule has 4 saturated carbocycles. The van der Waals surface area contributed by atoms with Gasteiger partial charge in [0.05, 0.1) is 48.7 Å². The number of alkyl halides is 3. The number of amides is 3. The largest absolute Gasteiger partial charge is 0.466 e. The Morgan fingerprint density at radius 1 is 1.11 bits per heavy atom. The van der Waals surface area contributed by atoms with Crippen LogP contribution in [0.1, 0.15) is 82.0 Å². The number of aromatic nitrogens is 3. The third-order valence-electron chi connectivity index (χ3n) is 9.90. The lowest BCUT2D eigenvalue weighted by Crippen LogP contribution is -2.47. The number of nitriles is 1. The number of nitrogens with zero attached hydrogens (tertiary/aromatic N) is 6. The van der Waals surface area contributed by atoms with Gasteiger partial charge >= 0.3 is 18.2 Å². The quantitative estimate of drug-likeness (QED) is 0.210. The van der Waals surface area contributed by atoms with Crippen molar-refractivity contribution in [2.24, 2.45) is 23.2 Å². The first-order valence-corrected chi connectivity index (χ1v) is 15.1. The minimum atomic E-state index is -4.84. The molecule has 44 heavy (non-hydrogen) atoms. The van der Waals surface area contributed by atoms with E-state index < -0.39 is 34.8 Å². The third kappa shape index (κ3) is 5.55. The second kappa shape index (κ2) is 10.9. The lowest BCUT2D eigenvalue weighted by atomic mass is 9.49. The number of urea groups is 1. The number of halogens is 3. The summed E-state index contributed by atoms with van der Waals surface area (Å²) in [4.78, 5) is 41.2. The summed E-state index contributed by atoms with van der Waals surface area (Å²) < 4.78 is 47.7. The molecule has 3 amide bonds. The van der Waals surface area contributed by atoms with E-state index in [4.69, 9.17) is 10.00 Å². The molecule has 0 spiro atoms. The number of hydrogen-bond donors (Lipinski definition) is 0. The topological polar surface area (TPSA) is 121 Å². The molecule has 2 heterocycles. The van der Waals surface area contributed by atoms with Gasteiger partial charge in [-0.25, -0.2) is 9.69 Å². The molecule has 10 nitrogen and oxygen atoms in total. The van der Waals surface area contributed by atoms with Crippen LogP contribution in [0, 0.1) is 34.5 Å². The Morgan fingerprint density at radius 2 is 1.77 bits per heavy atom. The smallest absolute Gasteiger partial charge is 0.417 e. The van der Waals surface area contributed by atoms with Gasteiger partial charge < -0.3 is 9.64 Å². The van der Waals surface area contributed by atoms with Crippen LogP contribution in [0.3, 0.4) is 0 Å². The van der Waals surface area contributed by atoms with Crippen molar-refractivity contribution in [3.05, 3.63) is 41.2 Å². The monoisotopic (exact) mass is 612 g/mol. The van der Waals surface area contributed by atoms with Gasteiger partial charge in [-0.3, -0.25) is 14.3 Å². The molecule has 5 aliphatic rings. The van der Waals surface area contributed by atoms with E-state index in [0.29, 0.717) is 36.0 Å². The summed E-state index contributed by atoms with van der Waals surface area (Å²) in [6.45, 7) is 3.58. The van der Waals surface area contributed by atoms with Gasteiger partial charge in [0.1, 0.15) is 11.2 Å². The zero-order chi connectivity index (χ0) is 31.4. The zero-order valence-corrected chi connectivity index (χ0v) is 24.8. The Kier molecular flexibility index (Phi) is 7.45. The summed E-state index contributed by atoms with van der Waals surface area (Å²) in [5.74, 6) is 1.48. The number of carbonyl (C=O) groups is 3. The van der Waals surface area contributed by atoms with Crippen molar-refractivity contribution in [2.45, 2.75) is 90.0 Å². The Bertz CT molecular complexity index is 1490. The fraction of sp³-hybridized carbons (Fsp3) is 0.613. The van der Waals surface area contributed by atoms with E-state index in [-0.39, 0.29) is 30.2 Å². The zero-order valence-electron chi connectivity index (χ0n) is 24.8. The SMILES string of the molecule is CC1(C)C(=O)N(c2ccc(C#N)c(C(F)(F)F)c2)C(=O)N1Cc1cn(CCCOC(=O)CC23CC4CC(CC(C4)C2)C3)nn1. The first-order valence-electron chi connectivity index (χ1n) is 15.1. The molecular weight excluding hydrogens is 577 g/mol. The van der Waals surface area contributed by atoms with Crippen LogP contribution < -0.4 is 4.90 Å². The summed E-state index contributed by atoms with van der Waals surface area (Å²) in [6.07, 6.45) is 5.23. The van der Waals surface area contributed by atoms with E-state index in [2.05, 4.69) is 10.3 Å². The summed E-state index contributed by atoms with van der Waals surface area (Å²) in [6, 6.07) is 3.42. The van der Waals surface area contributed by atoms with Crippen LogP contribution in [0.2, 0.25) is 0 Å². The van der Waals surface area contributed by atoms with Gasteiger partial charge in [-0.1, -0.05) is 5.21 Å². The van der Waals surface area contributed by atoms with E-state index in [9.17, 15) is 27.6 Å². The molecule has 0 atom stereocenters. The highest BCUT2D eigenvalue weighted by molar-refractivity contribution is 6.23. The number of hydrogen-bond acceptors (Lipinski definition) is 7. The average Bonchev–Trinajstić information content (AvgIpc) is 3.45. The van der Waals surface area contributed by atoms with Gasteiger partial charge in [0, 0.05) is 13.0 Å². The van der Waals surface area contributed by atoms with Gasteiger partial charge in [-0.05, 0) is 93.7 Å². The number of esters is 1. The molecule has 13 heteroatoms. The summed E-state index contributed by atoms with van der Waals surface area (Å²) in [7, 11) is 0. The maximum atomic E-state index is 13.5. The van der Waals surface area contributed by atoms with Gasteiger partial charge in [0.2, 0.25) is 0 Å². The first kappa shape index (κ1) is 30.1. The standard InChI is InChI=1S/C31H35F3N6O4/c1-29(2)27(42)40(24-5-4-22(16-35)25(11-24)31(32,33)34)28(43)39(29)18-23-17-38(37-36-23)6-3-7-44-26(41)15-30-12-19-8-20(13-30)10-21(9-19)14-30/h4-5,11,17,19-21H,3,6-10,12-15,18H2,1-2H3. The fourth-order valence-corrected chi connectivity index (χ4v) is 8.29. The molecule has 0 N–H and O–H groups in total. The predicted octanol–water partition coefficient (Wildman–Crippen LogP) is 5.46. The van der Waals surface area contributed by atoms with Crippen molar-refractivity contribution in [1.29, 1.82) is 5.26 Å². The van der Waals surface area contributed by atoms with E-state index >= 15 is 0 Å². The van der Waals surface area contributed by atoms with E-state index in [1.807, 2.05) is 0 Å². The highest BCUT2D eigenvalue weighted by Gasteiger charge is 2.53. The Labute approximate surface area is 253 Å². The second-order valence-corrected chi connectivity index (χ2v) is 13.5. The maximum Gasteiger partial charge on any atom is 0.417 e. The number of benzene rings is 1. The second-order valence-electron chi connectivity index (χ2n) is 13.5. The Balaban J connectivity index is 1.03. The highest BCUT2D eigenvalue weighted by Crippen LogP contribution is 2.61. The summed E-state index contributed by atoms with van der Waals surface area (Å²) in [5.41, 5.74) is -2.97. The van der Waals surface area contributed by atoms with E-state index in [0.717, 1.165) is 49.1 Å². The van der Waals surface area contributed by atoms with Gasteiger partial charge in [-0.15, -0.1) is 5.10 Å². The van der Waals surface area contributed by atoms with Crippen molar-refractivity contribution in [3.8, 4) is 6.07 Å². The summed E-state index contributed by atoms with van der Waals surface area (Å²) >= 11 is 0. The minimum absolute atomic E-state index is 0.101. The van der Waals surface area contributed by atoms with Crippen LogP contribution in [0.5, 0.6) is 0 Å². The molecule has 4 bridgehead atoms. The lowest BCUT2D eigenvalue weighted by molar-refractivity contribution is -0.152.